The first-order valence-corrected chi connectivity index (χ1v) is 9.81. The average molecular weight is 400 g/mol. The van der Waals surface area contributed by atoms with Gasteiger partial charge in [0.15, 0.2) is 0 Å². The highest BCUT2D eigenvalue weighted by molar-refractivity contribution is 5.89. The number of nitrogens with one attached hydrogen (secondary N) is 1. The van der Waals surface area contributed by atoms with Crippen LogP contribution in [0, 0.1) is 5.92 Å². The van der Waals surface area contributed by atoms with Crippen LogP contribution in [0.5, 0.6) is 5.75 Å². The third-order valence-electron chi connectivity index (χ3n) is 4.66. The van der Waals surface area contributed by atoms with Gasteiger partial charge in [-0.1, -0.05) is 26.0 Å². The van der Waals surface area contributed by atoms with Crippen molar-refractivity contribution in [3.05, 3.63) is 42.1 Å². The Labute approximate surface area is 170 Å². The third kappa shape index (κ3) is 5.14. The van der Waals surface area contributed by atoms with E-state index in [1.165, 1.54) is 4.90 Å². The van der Waals surface area contributed by atoms with E-state index < -0.39 is 18.2 Å². The molecule has 0 aliphatic carbocycles. The summed E-state index contributed by atoms with van der Waals surface area (Å²) in [6.45, 7) is 8.66. The zero-order valence-electron chi connectivity index (χ0n) is 17.2. The molecule has 3 atom stereocenters. The van der Waals surface area contributed by atoms with Crippen LogP contribution < -0.4 is 15.0 Å². The number of aliphatic hydroxyl groups excluding tert-OH is 1. The minimum absolute atomic E-state index is 0.0532. The summed E-state index contributed by atoms with van der Waals surface area (Å²) in [6.07, 6.45) is 0.319. The number of ether oxygens (including phenoxy) is 2. The summed E-state index contributed by atoms with van der Waals surface area (Å²) >= 11 is 0. The molecule has 0 unspecified atom stereocenters. The van der Waals surface area contributed by atoms with Gasteiger partial charge in [-0.05, 0) is 43.5 Å². The summed E-state index contributed by atoms with van der Waals surface area (Å²) in [4.78, 5) is 22.1. The number of rotatable bonds is 8. The van der Waals surface area contributed by atoms with E-state index in [1.54, 1.807) is 19.2 Å². The fourth-order valence-electron chi connectivity index (χ4n) is 3.00. The number of cyclic esters (lactones) is 1. The Bertz CT molecular complexity index is 826. The van der Waals surface area contributed by atoms with Crippen LogP contribution in [0.2, 0.25) is 0 Å². The van der Waals surface area contributed by atoms with Crippen LogP contribution in [0.1, 0.15) is 39.3 Å². The zero-order valence-corrected chi connectivity index (χ0v) is 17.2. The number of amides is 1. The van der Waals surface area contributed by atoms with E-state index in [0.29, 0.717) is 24.3 Å². The van der Waals surface area contributed by atoms with Gasteiger partial charge >= 0.3 is 6.09 Å². The Kier molecular flexibility index (Phi) is 6.53. The molecule has 0 bridgehead atoms. The van der Waals surface area contributed by atoms with Gasteiger partial charge in [0.05, 0.1) is 18.8 Å². The van der Waals surface area contributed by atoms with Gasteiger partial charge in [0.1, 0.15) is 24.2 Å². The normalized spacial score (nSPS) is 18.5. The predicted octanol–water partition coefficient (Wildman–Crippen LogP) is 3.39. The van der Waals surface area contributed by atoms with E-state index >= 15 is 0 Å². The van der Waals surface area contributed by atoms with Gasteiger partial charge in [0.25, 0.3) is 0 Å². The van der Waals surface area contributed by atoms with Crippen molar-refractivity contribution in [1.82, 2.24) is 9.97 Å². The summed E-state index contributed by atoms with van der Waals surface area (Å²) in [5, 5.41) is 13.2. The highest BCUT2D eigenvalue weighted by Gasteiger charge is 2.38. The van der Waals surface area contributed by atoms with Crippen molar-refractivity contribution in [2.75, 3.05) is 23.4 Å². The number of anilines is 2. The van der Waals surface area contributed by atoms with Crippen molar-refractivity contribution >= 4 is 17.9 Å². The molecule has 0 saturated carbocycles. The first-order valence-electron chi connectivity index (χ1n) is 9.81. The number of benzene rings is 1. The number of carbonyl (C=O) groups is 1. The lowest BCUT2D eigenvalue weighted by Crippen LogP contribution is -2.41. The molecular weight excluding hydrogens is 372 g/mol. The average Bonchev–Trinajstić information content (AvgIpc) is 3.08. The Morgan fingerprint density at radius 3 is 2.62 bits per heavy atom. The molecule has 2 aromatic rings. The molecule has 1 aromatic carbocycles. The molecule has 0 radical (unpaired) electrons. The lowest BCUT2D eigenvalue weighted by Gasteiger charge is -2.23. The van der Waals surface area contributed by atoms with Crippen LogP contribution >= 0.6 is 0 Å². The van der Waals surface area contributed by atoms with E-state index in [4.69, 9.17) is 9.47 Å². The fourth-order valence-corrected chi connectivity index (χ4v) is 3.00. The molecular formula is C21H28N4O4. The quantitative estimate of drug-likeness (QED) is 0.701. The second-order valence-corrected chi connectivity index (χ2v) is 7.63. The highest BCUT2D eigenvalue weighted by Crippen LogP contribution is 2.25. The first kappa shape index (κ1) is 20.9. The van der Waals surface area contributed by atoms with Crippen LogP contribution in [-0.2, 0) is 4.74 Å². The van der Waals surface area contributed by atoms with Crippen molar-refractivity contribution in [2.45, 2.75) is 45.9 Å². The van der Waals surface area contributed by atoms with E-state index in [9.17, 15) is 9.90 Å². The Hall–Kier alpha value is -2.87. The van der Waals surface area contributed by atoms with Crippen LogP contribution in [0.15, 0.2) is 36.5 Å². The maximum atomic E-state index is 12.1. The zero-order chi connectivity index (χ0) is 21.0. The SMILES string of the molecule is CC(C)COc1ccc([C@H](C)Nc2nccc(N3C(=O)OC[C@@H]3[C@@H](C)O)n2)cc1. The van der Waals surface area contributed by atoms with E-state index in [2.05, 4.69) is 29.1 Å². The fraction of sp³-hybridized carbons (Fsp3) is 0.476. The summed E-state index contributed by atoms with van der Waals surface area (Å²) in [7, 11) is 0. The highest BCUT2D eigenvalue weighted by atomic mass is 16.6. The summed E-state index contributed by atoms with van der Waals surface area (Å²) in [5.74, 6) is 2.09. The number of nitrogens with zero attached hydrogens (tertiary/aromatic N) is 3. The van der Waals surface area contributed by atoms with Crippen molar-refractivity contribution in [1.29, 1.82) is 0 Å². The molecule has 1 amide bonds. The van der Waals surface area contributed by atoms with Gasteiger partial charge in [-0.25, -0.2) is 9.78 Å². The molecule has 156 valence electrons. The predicted molar refractivity (Wildman–Crippen MR) is 110 cm³/mol. The molecule has 2 heterocycles. The summed E-state index contributed by atoms with van der Waals surface area (Å²) in [5.41, 5.74) is 1.05. The molecule has 1 saturated heterocycles. The van der Waals surface area contributed by atoms with Gasteiger partial charge in [0.2, 0.25) is 5.95 Å². The topological polar surface area (TPSA) is 96.8 Å². The number of aromatic nitrogens is 2. The molecule has 3 rings (SSSR count). The van der Waals surface area contributed by atoms with Crippen molar-refractivity contribution < 1.29 is 19.4 Å². The molecule has 1 aliphatic rings. The second-order valence-electron chi connectivity index (χ2n) is 7.63. The molecule has 1 fully saturated rings. The van der Waals surface area contributed by atoms with Gasteiger partial charge in [-0.15, -0.1) is 0 Å². The number of hydrogen-bond donors (Lipinski definition) is 2. The molecule has 1 aromatic heterocycles. The van der Waals surface area contributed by atoms with E-state index in [-0.39, 0.29) is 12.6 Å². The Balaban J connectivity index is 1.69. The van der Waals surface area contributed by atoms with Crippen LogP contribution in [0.25, 0.3) is 0 Å². The molecule has 8 heteroatoms. The van der Waals surface area contributed by atoms with Gasteiger partial charge in [-0.3, -0.25) is 4.90 Å². The van der Waals surface area contributed by atoms with Gasteiger partial charge in [-0.2, -0.15) is 4.98 Å². The summed E-state index contributed by atoms with van der Waals surface area (Å²) < 4.78 is 10.8. The second kappa shape index (κ2) is 9.09. The van der Waals surface area contributed by atoms with Crippen LogP contribution in [-0.4, -0.2) is 46.5 Å². The van der Waals surface area contributed by atoms with E-state index in [0.717, 1.165) is 11.3 Å². The smallest absolute Gasteiger partial charge is 0.416 e. The lowest BCUT2D eigenvalue weighted by atomic mass is 10.1. The first-order chi connectivity index (χ1) is 13.8. The van der Waals surface area contributed by atoms with Crippen molar-refractivity contribution in [2.24, 2.45) is 5.92 Å². The van der Waals surface area contributed by atoms with Gasteiger partial charge < -0.3 is 19.9 Å². The van der Waals surface area contributed by atoms with Gasteiger partial charge in [0, 0.05) is 6.20 Å². The summed E-state index contributed by atoms with van der Waals surface area (Å²) in [6, 6.07) is 8.99. The number of carbonyl (C=O) groups excluding carboxylic acids is 1. The Morgan fingerprint density at radius 1 is 1.24 bits per heavy atom. The van der Waals surface area contributed by atoms with E-state index in [1.807, 2.05) is 31.2 Å². The molecule has 1 aliphatic heterocycles. The molecule has 29 heavy (non-hydrogen) atoms. The molecule has 2 N–H and O–H groups in total. The third-order valence-corrected chi connectivity index (χ3v) is 4.66. The van der Waals surface area contributed by atoms with Crippen LogP contribution in [0.3, 0.4) is 0 Å². The lowest BCUT2D eigenvalue weighted by molar-refractivity contribution is 0.142. The van der Waals surface area contributed by atoms with Crippen LogP contribution in [0.4, 0.5) is 16.6 Å². The maximum absolute atomic E-state index is 12.1. The molecule has 0 spiro atoms. The minimum Gasteiger partial charge on any atom is -0.493 e. The maximum Gasteiger partial charge on any atom is 0.416 e. The Morgan fingerprint density at radius 2 is 1.97 bits per heavy atom. The monoisotopic (exact) mass is 400 g/mol. The van der Waals surface area contributed by atoms with Crippen molar-refractivity contribution in [3.8, 4) is 5.75 Å². The number of hydrogen-bond acceptors (Lipinski definition) is 7. The standard InChI is InChI=1S/C21H28N4O4/c1-13(2)11-28-17-7-5-16(6-8-17)14(3)23-20-22-10-9-19(24-20)25-18(15(4)26)12-29-21(25)27/h5-10,13-15,18,26H,11-12H2,1-4H3,(H,22,23,24)/t14-,15+,18+/m0/s1. The van der Waals surface area contributed by atoms with Crippen molar-refractivity contribution in [3.63, 3.8) is 0 Å². The minimum atomic E-state index is -0.733. The number of aliphatic hydroxyl groups is 1. The largest absolute Gasteiger partial charge is 0.493 e. The molecule has 8 nitrogen and oxygen atoms in total.